The van der Waals surface area contributed by atoms with Crippen LogP contribution in [0.5, 0.6) is 0 Å². The van der Waals surface area contributed by atoms with Gasteiger partial charge >= 0.3 is 12.1 Å². The second kappa shape index (κ2) is 11.9. The van der Waals surface area contributed by atoms with E-state index in [0.29, 0.717) is 34.6 Å². The molecule has 0 fully saturated rings. The SMILES string of the molecule is C=C/C(C(=O)OC)=C(C)\C=C/C(C)NC(=C)c1cc(N(C)C=NCC)cc(C(F)(F)F)c1. The number of aliphatic imine (C=N–C) groups is 1. The number of nitrogens with zero attached hydrogens (tertiary/aromatic N) is 2. The van der Waals surface area contributed by atoms with E-state index in [0.717, 1.165) is 12.1 Å². The van der Waals surface area contributed by atoms with E-state index in [4.69, 9.17) is 4.74 Å². The Hall–Kier alpha value is -3.29. The molecule has 0 bridgehead atoms. The summed E-state index contributed by atoms with van der Waals surface area (Å²) >= 11 is 0. The highest BCUT2D eigenvalue weighted by Gasteiger charge is 2.31. The lowest BCUT2D eigenvalue weighted by Gasteiger charge is -2.20. The van der Waals surface area contributed by atoms with Crippen LogP contribution < -0.4 is 10.2 Å². The van der Waals surface area contributed by atoms with E-state index < -0.39 is 17.7 Å². The number of hydrogen-bond donors (Lipinski definition) is 1. The lowest BCUT2D eigenvalue weighted by Crippen LogP contribution is -2.23. The third kappa shape index (κ3) is 7.76. The molecule has 0 amide bonds. The van der Waals surface area contributed by atoms with Crippen molar-refractivity contribution in [3.63, 3.8) is 0 Å². The molecule has 0 saturated heterocycles. The van der Waals surface area contributed by atoms with Crippen molar-refractivity contribution in [2.45, 2.75) is 33.0 Å². The van der Waals surface area contributed by atoms with Gasteiger partial charge in [-0.3, -0.25) is 4.99 Å². The van der Waals surface area contributed by atoms with E-state index in [9.17, 15) is 18.0 Å². The van der Waals surface area contributed by atoms with Gasteiger partial charge in [0.05, 0.1) is 24.6 Å². The molecule has 0 spiro atoms. The zero-order chi connectivity index (χ0) is 24.5. The van der Waals surface area contributed by atoms with Crippen LogP contribution in [-0.4, -0.2) is 39.1 Å². The van der Waals surface area contributed by atoms with Crippen molar-refractivity contribution in [1.29, 1.82) is 0 Å². The van der Waals surface area contributed by atoms with Gasteiger partial charge in [0.1, 0.15) is 0 Å². The number of anilines is 1. The number of nitrogens with one attached hydrogen (secondary N) is 1. The van der Waals surface area contributed by atoms with Gasteiger partial charge in [0, 0.05) is 31.0 Å². The monoisotopic (exact) mass is 449 g/mol. The van der Waals surface area contributed by atoms with Gasteiger partial charge in [-0.15, -0.1) is 0 Å². The van der Waals surface area contributed by atoms with Crippen molar-refractivity contribution in [3.8, 4) is 0 Å². The maximum atomic E-state index is 13.4. The van der Waals surface area contributed by atoms with E-state index in [1.54, 1.807) is 32.2 Å². The molecule has 32 heavy (non-hydrogen) atoms. The molecule has 1 rings (SSSR count). The highest BCUT2D eigenvalue weighted by molar-refractivity contribution is 5.92. The maximum absolute atomic E-state index is 13.4. The third-order valence-corrected chi connectivity index (χ3v) is 4.51. The molecule has 0 radical (unpaired) electrons. The first-order valence-corrected chi connectivity index (χ1v) is 9.95. The summed E-state index contributed by atoms with van der Waals surface area (Å²) in [6.45, 7) is 13.4. The number of esters is 1. The molecule has 0 saturated carbocycles. The Morgan fingerprint density at radius 3 is 2.53 bits per heavy atom. The standard InChI is InChI=1S/C24H30F3N3O2/c1-8-22(23(31)32-7)16(3)10-11-17(4)29-18(5)19-12-20(24(25,26)27)14-21(13-19)30(6)15-28-9-2/h8,10-15,17,29H,1,5,9H2,2-4,6-7H3/b11-10-,22-16+,28-15?. The fraction of sp³-hybridized carbons (Fsp3) is 0.333. The van der Waals surface area contributed by atoms with Crippen LogP contribution >= 0.6 is 0 Å². The summed E-state index contributed by atoms with van der Waals surface area (Å²) < 4.78 is 45.0. The molecule has 1 aromatic carbocycles. The van der Waals surface area contributed by atoms with Crippen LogP contribution in [0.25, 0.3) is 5.70 Å². The predicted molar refractivity (Wildman–Crippen MR) is 125 cm³/mol. The molecule has 5 nitrogen and oxygen atoms in total. The zero-order valence-electron chi connectivity index (χ0n) is 19.1. The van der Waals surface area contributed by atoms with Crippen molar-refractivity contribution in [1.82, 2.24) is 5.32 Å². The summed E-state index contributed by atoms with van der Waals surface area (Å²) in [5, 5.41) is 3.07. The Kier molecular flexibility index (Phi) is 9.97. The number of halogens is 3. The molecule has 1 unspecified atom stereocenters. The minimum absolute atomic E-state index is 0.279. The van der Waals surface area contributed by atoms with Crippen LogP contribution in [0.2, 0.25) is 0 Å². The van der Waals surface area contributed by atoms with Crippen LogP contribution in [0, 0.1) is 0 Å². The van der Waals surface area contributed by atoms with Crippen molar-refractivity contribution < 1.29 is 22.7 Å². The number of rotatable bonds is 10. The third-order valence-electron chi connectivity index (χ3n) is 4.51. The summed E-state index contributed by atoms with van der Waals surface area (Å²) in [6.07, 6.45) is 1.86. The Bertz CT molecular complexity index is 931. The van der Waals surface area contributed by atoms with Crippen LogP contribution in [0.15, 0.2) is 65.7 Å². The van der Waals surface area contributed by atoms with Gasteiger partial charge in [-0.2, -0.15) is 13.2 Å². The van der Waals surface area contributed by atoms with Crippen LogP contribution in [0.1, 0.15) is 31.9 Å². The highest BCUT2D eigenvalue weighted by atomic mass is 19.4. The molecule has 1 N–H and O–H groups in total. The van der Waals surface area contributed by atoms with Crippen molar-refractivity contribution in [2.75, 3.05) is 25.6 Å². The number of ether oxygens (including phenoxy) is 1. The van der Waals surface area contributed by atoms with Gasteiger partial charge in [-0.25, -0.2) is 4.79 Å². The number of carbonyl (C=O) groups excluding carboxylic acids is 1. The Morgan fingerprint density at radius 2 is 2.00 bits per heavy atom. The van der Waals surface area contributed by atoms with E-state index in [1.807, 2.05) is 13.8 Å². The molecule has 0 aliphatic heterocycles. The lowest BCUT2D eigenvalue weighted by molar-refractivity contribution is -0.137. The second-order valence-electron chi connectivity index (χ2n) is 7.05. The largest absolute Gasteiger partial charge is 0.465 e. The number of alkyl halides is 3. The first-order chi connectivity index (χ1) is 14.9. The molecular formula is C24H30F3N3O2. The number of allylic oxidation sites excluding steroid dienone is 2. The highest BCUT2D eigenvalue weighted by Crippen LogP contribution is 2.34. The van der Waals surface area contributed by atoms with Crippen molar-refractivity contribution in [3.05, 3.63) is 71.9 Å². The van der Waals surface area contributed by atoms with Gasteiger partial charge in [0.15, 0.2) is 0 Å². The Morgan fingerprint density at radius 1 is 1.34 bits per heavy atom. The first-order valence-electron chi connectivity index (χ1n) is 9.95. The lowest BCUT2D eigenvalue weighted by atomic mass is 10.0. The fourth-order valence-corrected chi connectivity index (χ4v) is 2.72. The fourth-order valence-electron chi connectivity index (χ4n) is 2.72. The molecular weight excluding hydrogens is 419 g/mol. The molecule has 0 aromatic heterocycles. The van der Waals surface area contributed by atoms with E-state index in [2.05, 4.69) is 23.5 Å². The predicted octanol–water partition coefficient (Wildman–Crippen LogP) is 5.37. The van der Waals surface area contributed by atoms with Crippen molar-refractivity contribution in [2.24, 2.45) is 4.99 Å². The second-order valence-corrected chi connectivity index (χ2v) is 7.05. The normalized spacial score (nSPS) is 13.6. The van der Waals surface area contributed by atoms with E-state index in [1.165, 1.54) is 24.4 Å². The number of methoxy groups -OCH3 is 1. The topological polar surface area (TPSA) is 53.9 Å². The van der Waals surface area contributed by atoms with E-state index >= 15 is 0 Å². The van der Waals surface area contributed by atoms with Crippen LogP contribution in [-0.2, 0) is 15.7 Å². The quantitative estimate of drug-likeness (QED) is 0.172. The van der Waals surface area contributed by atoms with Gasteiger partial charge in [0.2, 0.25) is 0 Å². The summed E-state index contributed by atoms with van der Waals surface area (Å²) in [4.78, 5) is 17.3. The maximum Gasteiger partial charge on any atom is 0.416 e. The van der Waals surface area contributed by atoms with Gasteiger partial charge in [-0.05, 0) is 50.1 Å². The first kappa shape index (κ1) is 26.7. The molecule has 1 atom stereocenters. The minimum Gasteiger partial charge on any atom is -0.465 e. The smallest absolute Gasteiger partial charge is 0.416 e. The van der Waals surface area contributed by atoms with Gasteiger partial charge in [0.25, 0.3) is 0 Å². The average Bonchev–Trinajstić information content (AvgIpc) is 2.75. The summed E-state index contributed by atoms with van der Waals surface area (Å²) in [5.41, 5.74) is 1.17. The molecule has 0 heterocycles. The van der Waals surface area contributed by atoms with Gasteiger partial charge < -0.3 is 15.0 Å². The summed E-state index contributed by atoms with van der Waals surface area (Å²) in [5.74, 6) is -0.501. The Labute approximate surface area is 187 Å². The molecule has 174 valence electrons. The molecule has 1 aromatic rings. The summed E-state index contributed by atoms with van der Waals surface area (Å²) in [7, 11) is 2.92. The van der Waals surface area contributed by atoms with E-state index in [-0.39, 0.29) is 6.04 Å². The minimum atomic E-state index is -4.50. The van der Waals surface area contributed by atoms with Crippen LogP contribution in [0.4, 0.5) is 18.9 Å². The number of carbonyl (C=O) groups is 1. The van der Waals surface area contributed by atoms with Crippen molar-refractivity contribution >= 4 is 23.7 Å². The zero-order valence-corrected chi connectivity index (χ0v) is 19.1. The molecule has 0 aliphatic carbocycles. The molecule has 0 aliphatic rings. The number of hydrogen-bond acceptors (Lipinski definition) is 4. The average molecular weight is 450 g/mol. The van der Waals surface area contributed by atoms with Crippen LogP contribution in [0.3, 0.4) is 0 Å². The summed E-state index contributed by atoms with van der Waals surface area (Å²) in [6, 6.07) is 3.46. The van der Waals surface area contributed by atoms with Gasteiger partial charge in [-0.1, -0.05) is 31.4 Å². The Balaban J connectivity index is 3.16. The number of benzene rings is 1. The molecule has 8 heteroatoms.